The van der Waals surface area contributed by atoms with Crippen molar-refractivity contribution >= 4 is 27.5 Å². The number of benzene rings is 2. The van der Waals surface area contributed by atoms with Crippen molar-refractivity contribution in [2.45, 2.75) is 11.9 Å². The molecule has 0 aliphatic rings. The van der Waals surface area contributed by atoms with E-state index in [1.165, 1.54) is 6.07 Å². The summed E-state index contributed by atoms with van der Waals surface area (Å²) in [5.74, 6) is 0.346. The molecule has 0 atom stereocenters. The molecule has 0 radical (unpaired) electrons. The standard InChI is InChI=1S/C14H11BrClFO/c15-8-10-4-6-11(7-5-10)18-9-12-13(16)2-1-3-14(12)17/h1-7H,8-9H2. The zero-order chi connectivity index (χ0) is 13.0. The second-order valence-electron chi connectivity index (χ2n) is 3.77. The van der Waals surface area contributed by atoms with E-state index >= 15 is 0 Å². The number of rotatable bonds is 4. The molecule has 0 aliphatic heterocycles. The number of hydrogen-bond acceptors (Lipinski definition) is 1. The van der Waals surface area contributed by atoms with Crippen molar-refractivity contribution < 1.29 is 9.13 Å². The Bertz CT molecular complexity index is 508. The van der Waals surface area contributed by atoms with E-state index in [4.69, 9.17) is 16.3 Å². The monoisotopic (exact) mass is 328 g/mol. The first-order valence-electron chi connectivity index (χ1n) is 5.41. The van der Waals surface area contributed by atoms with Gasteiger partial charge in [0.1, 0.15) is 18.2 Å². The lowest BCUT2D eigenvalue weighted by Gasteiger charge is -2.09. The topological polar surface area (TPSA) is 9.23 Å². The SMILES string of the molecule is Fc1cccc(Cl)c1COc1ccc(CBr)cc1. The largest absolute Gasteiger partial charge is 0.489 e. The highest BCUT2D eigenvalue weighted by Crippen LogP contribution is 2.22. The highest BCUT2D eigenvalue weighted by Gasteiger charge is 2.07. The van der Waals surface area contributed by atoms with Crippen LogP contribution in [-0.2, 0) is 11.9 Å². The van der Waals surface area contributed by atoms with E-state index in [-0.39, 0.29) is 12.4 Å². The third-order valence-electron chi connectivity index (χ3n) is 2.52. The Kier molecular flexibility index (Phi) is 4.61. The van der Waals surface area contributed by atoms with Crippen molar-refractivity contribution in [1.29, 1.82) is 0 Å². The smallest absolute Gasteiger partial charge is 0.131 e. The van der Waals surface area contributed by atoms with E-state index in [0.29, 0.717) is 16.3 Å². The average molecular weight is 330 g/mol. The van der Waals surface area contributed by atoms with Crippen LogP contribution in [0.2, 0.25) is 5.02 Å². The van der Waals surface area contributed by atoms with Gasteiger partial charge < -0.3 is 4.74 Å². The quantitative estimate of drug-likeness (QED) is 0.721. The van der Waals surface area contributed by atoms with Crippen LogP contribution in [-0.4, -0.2) is 0 Å². The highest BCUT2D eigenvalue weighted by molar-refractivity contribution is 9.08. The van der Waals surface area contributed by atoms with Crippen molar-refractivity contribution in [3.8, 4) is 5.75 Å². The average Bonchev–Trinajstić information content (AvgIpc) is 2.39. The van der Waals surface area contributed by atoms with E-state index < -0.39 is 0 Å². The lowest BCUT2D eigenvalue weighted by atomic mass is 10.2. The number of halogens is 3. The summed E-state index contributed by atoms with van der Waals surface area (Å²) >= 11 is 9.29. The molecule has 0 spiro atoms. The van der Waals surface area contributed by atoms with E-state index in [9.17, 15) is 4.39 Å². The zero-order valence-electron chi connectivity index (χ0n) is 9.50. The van der Waals surface area contributed by atoms with Gasteiger partial charge in [-0.1, -0.05) is 45.7 Å². The summed E-state index contributed by atoms with van der Waals surface area (Å²) in [4.78, 5) is 0. The number of alkyl halides is 1. The van der Waals surface area contributed by atoms with Crippen LogP contribution in [0.25, 0.3) is 0 Å². The van der Waals surface area contributed by atoms with Gasteiger partial charge in [-0.15, -0.1) is 0 Å². The maximum atomic E-state index is 13.5. The Morgan fingerprint density at radius 2 is 1.83 bits per heavy atom. The molecular formula is C14H11BrClFO. The molecule has 0 saturated heterocycles. The molecule has 0 fully saturated rings. The predicted octanol–water partition coefficient (Wildman–Crippen LogP) is 4.95. The van der Waals surface area contributed by atoms with Crippen molar-refractivity contribution in [2.75, 3.05) is 0 Å². The Morgan fingerprint density at radius 1 is 1.11 bits per heavy atom. The molecule has 0 saturated carbocycles. The van der Waals surface area contributed by atoms with Crippen molar-refractivity contribution in [3.63, 3.8) is 0 Å². The van der Waals surface area contributed by atoms with Gasteiger partial charge in [-0.05, 0) is 29.8 Å². The predicted molar refractivity (Wildman–Crippen MR) is 74.8 cm³/mol. The first kappa shape index (κ1) is 13.4. The van der Waals surface area contributed by atoms with Gasteiger partial charge in [0.15, 0.2) is 0 Å². The Hall–Kier alpha value is -1.06. The molecule has 4 heteroatoms. The summed E-state index contributed by atoms with van der Waals surface area (Å²) in [5, 5.41) is 1.18. The molecule has 1 nitrogen and oxygen atoms in total. The Morgan fingerprint density at radius 3 is 2.44 bits per heavy atom. The molecule has 0 aromatic heterocycles. The normalized spacial score (nSPS) is 10.4. The van der Waals surface area contributed by atoms with Crippen molar-refractivity contribution in [3.05, 3.63) is 64.4 Å². The molecule has 2 aromatic rings. The lowest BCUT2D eigenvalue weighted by molar-refractivity contribution is 0.300. The molecule has 0 aliphatic carbocycles. The van der Waals surface area contributed by atoms with E-state index in [2.05, 4.69) is 15.9 Å². The fourth-order valence-corrected chi connectivity index (χ4v) is 2.09. The third kappa shape index (κ3) is 3.24. The van der Waals surface area contributed by atoms with Crippen LogP contribution in [0.5, 0.6) is 5.75 Å². The fourth-order valence-electron chi connectivity index (χ4n) is 1.50. The van der Waals surface area contributed by atoms with Gasteiger partial charge in [0.05, 0.1) is 5.02 Å². The first-order chi connectivity index (χ1) is 8.70. The Balaban J connectivity index is 2.06. The van der Waals surface area contributed by atoms with Crippen LogP contribution in [0.4, 0.5) is 4.39 Å². The molecule has 94 valence electrons. The molecule has 0 heterocycles. The van der Waals surface area contributed by atoms with Gasteiger partial charge in [0.2, 0.25) is 0 Å². The summed E-state index contributed by atoms with van der Waals surface area (Å²) in [7, 11) is 0. The van der Waals surface area contributed by atoms with Gasteiger partial charge in [0.25, 0.3) is 0 Å². The number of hydrogen-bond donors (Lipinski definition) is 0. The van der Waals surface area contributed by atoms with Crippen LogP contribution >= 0.6 is 27.5 Å². The summed E-state index contributed by atoms with van der Waals surface area (Å²) in [6.45, 7) is 0.124. The van der Waals surface area contributed by atoms with Gasteiger partial charge >= 0.3 is 0 Å². The third-order valence-corrected chi connectivity index (χ3v) is 3.52. The molecule has 18 heavy (non-hydrogen) atoms. The van der Waals surface area contributed by atoms with Crippen LogP contribution in [0.15, 0.2) is 42.5 Å². The molecule has 0 N–H and O–H groups in total. The molecule has 2 aromatic carbocycles. The summed E-state index contributed by atoms with van der Waals surface area (Å²) in [5.41, 5.74) is 1.54. The minimum atomic E-state index is -0.348. The molecule has 0 amide bonds. The van der Waals surface area contributed by atoms with Crippen molar-refractivity contribution in [2.24, 2.45) is 0 Å². The van der Waals surface area contributed by atoms with Crippen LogP contribution < -0.4 is 4.74 Å². The summed E-state index contributed by atoms with van der Waals surface area (Å²) < 4.78 is 19.0. The molecule has 0 unspecified atom stereocenters. The minimum absolute atomic E-state index is 0.124. The van der Waals surface area contributed by atoms with Crippen molar-refractivity contribution in [1.82, 2.24) is 0 Å². The van der Waals surface area contributed by atoms with Gasteiger partial charge in [-0.3, -0.25) is 0 Å². The fraction of sp³-hybridized carbons (Fsp3) is 0.143. The second-order valence-corrected chi connectivity index (χ2v) is 4.73. The summed E-state index contributed by atoms with van der Waals surface area (Å²) in [6.07, 6.45) is 0. The molecule has 0 bridgehead atoms. The van der Waals surface area contributed by atoms with Gasteiger partial charge in [0, 0.05) is 10.9 Å². The second kappa shape index (κ2) is 6.21. The van der Waals surface area contributed by atoms with E-state index in [1.54, 1.807) is 12.1 Å². The van der Waals surface area contributed by atoms with Crippen LogP contribution in [0.3, 0.4) is 0 Å². The Labute approximate surface area is 119 Å². The molecule has 2 rings (SSSR count). The molecular weight excluding hydrogens is 319 g/mol. The minimum Gasteiger partial charge on any atom is -0.489 e. The first-order valence-corrected chi connectivity index (χ1v) is 6.91. The van der Waals surface area contributed by atoms with E-state index in [0.717, 1.165) is 10.9 Å². The van der Waals surface area contributed by atoms with Crippen LogP contribution in [0, 0.1) is 5.82 Å². The highest BCUT2D eigenvalue weighted by atomic mass is 79.9. The van der Waals surface area contributed by atoms with E-state index in [1.807, 2.05) is 24.3 Å². The zero-order valence-corrected chi connectivity index (χ0v) is 11.8. The lowest BCUT2D eigenvalue weighted by Crippen LogP contribution is -1.99. The number of ether oxygens (including phenoxy) is 1. The summed E-state index contributed by atoms with van der Waals surface area (Å²) in [6, 6.07) is 12.2. The van der Waals surface area contributed by atoms with Crippen LogP contribution in [0.1, 0.15) is 11.1 Å². The van der Waals surface area contributed by atoms with Gasteiger partial charge in [-0.25, -0.2) is 4.39 Å². The maximum absolute atomic E-state index is 13.5. The van der Waals surface area contributed by atoms with Gasteiger partial charge in [-0.2, -0.15) is 0 Å². The maximum Gasteiger partial charge on any atom is 0.131 e.